The number of benzene rings is 1. The van der Waals surface area contributed by atoms with Crippen molar-refractivity contribution in [1.82, 2.24) is 25.6 Å². The van der Waals surface area contributed by atoms with Gasteiger partial charge in [-0.3, -0.25) is 4.79 Å². The Morgan fingerprint density at radius 1 is 1.30 bits per heavy atom. The van der Waals surface area contributed by atoms with Gasteiger partial charge >= 0.3 is 0 Å². The summed E-state index contributed by atoms with van der Waals surface area (Å²) in [4.78, 5) is 28.7. The van der Waals surface area contributed by atoms with E-state index in [-0.39, 0.29) is 11.9 Å². The van der Waals surface area contributed by atoms with E-state index in [9.17, 15) is 4.79 Å². The summed E-state index contributed by atoms with van der Waals surface area (Å²) in [5.74, 6) is 0.910. The lowest BCUT2D eigenvalue weighted by Gasteiger charge is -2.28. The molecule has 0 bridgehead atoms. The first kappa shape index (κ1) is 21.7. The monoisotopic (exact) mass is 466 g/mol. The Balaban J connectivity index is 1.43. The van der Waals surface area contributed by atoms with Gasteiger partial charge in [-0.15, -0.1) is 11.3 Å². The van der Waals surface area contributed by atoms with E-state index in [4.69, 9.17) is 9.72 Å². The molecule has 11 heteroatoms. The Kier molecular flexibility index (Phi) is 6.42. The van der Waals surface area contributed by atoms with Crippen LogP contribution in [0.15, 0.2) is 29.4 Å². The van der Waals surface area contributed by atoms with Crippen molar-refractivity contribution in [2.75, 3.05) is 49.7 Å². The normalized spacial score (nSPS) is 18.8. The van der Waals surface area contributed by atoms with Crippen molar-refractivity contribution >= 4 is 45.6 Å². The lowest BCUT2D eigenvalue weighted by molar-refractivity contribution is 0.0940. The molecule has 10 nitrogen and oxygen atoms in total. The molecule has 2 saturated heterocycles. The summed E-state index contributed by atoms with van der Waals surface area (Å²) >= 11 is 1.32. The van der Waals surface area contributed by atoms with Crippen molar-refractivity contribution in [3.05, 3.63) is 40.4 Å². The number of amides is 1. The SMILES string of the molecule is Cc1cccc(/C=N/Nc2nc(N3CCOCC3)c3sc(C(=O)NC4CCNC4)nc3n2)c1. The van der Waals surface area contributed by atoms with Gasteiger partial charge < -0.3 is 20.3 Å². The van der Waals surface area contributed by atoms with Crippen molar-refractivity contribution in [2.24, 2.45) is 5.10 Å². The fraction of sp³-hybridized carbons (Fsp3) is 0.409. The van der Waals surface area contributed by atoms with Crippen molar-refractivity contribution in [2.45, 2.75) is 19.4 Å². The van der Waals surface area contributed by atoms with E-state index in [0.717, 1.165) is 41.2 Å². The zero-order valence-corrected chi connectivity index (χ0v) is 19.2. The highest BCUT2D eigenvalue weighted by atomic mass is 32.1. The summed E-state index contributed by atoms with van der Waals surface area (Å²) in [5.41, 5.74) is 5.55. The zero-order valence-electron chi connectivity index (χ0n) is 18.4. The van der Waals surface area contributed by atoms with Gasteiger partial charge in [-0.25, -0.2) is 10.4 Å². The van der Waals surface area contributed by atoms with Crippen LogP contribution in [0.25, 0.3) is 10.3 Å². The number of thiazole rings is 1. The summed E-state index contributed by atoms with van der Waals surface area (Å²) in [6.07, 6.45) is 2.65. The molecule has 2 fully saturated rings. The first-order valence-corrected chi connectivity index (χ1v) is 11.9. The van der Waals surface area contributed by atoms with Crippen molar-refractivity contribution in [1.29, 1.82) is 0 Å². The third-order valence-corrected chi connectivity index (χ3v) is 6.60. The van der Waals surface area contributed by atoms with Crippen LogP contribution in [0.3, 0.4) is 0 Å². The molecule has 5 rings (SSSR count). The van der Waals surface area contributed by atoms with Gasteiger partial charge in [-0.2, -0.15) is 15.1 Å². The first-order chi connectivity index (χ1) is 16.2. The largest absolute Gasteiger partial charge is 0.378 e. The second kappa shape index (κ2) is 9.77. The van der Waals surface area contributed by atoms with Gasteiger partial charge in [0.1, 0.15) is 4.70 Å². The maximum absolute atomic E-state index is 12.8. The van der Waals surface area contributed by atoms with Crippen LogP contribution in [0, 0.1) is 6.92 Å². The minimum absolute atomic E-state index is 0.127. The number of aryl methyl sites for hydroxylation is 1. The Morgan fingerprint density at radius 3 is 2.97 bits per heavy atom. The summed E-state index contributed by atoms with van der Waals surface area (Å²) in [7, 11) is 0. The molecule has 4 heterocycles. The highest BCUT2D eigenvalue weighted by molar-refractivity contribution is 7.20. The topological polar surface area (TPSA) is 117 Å². The van der Waals surface area contributed by atoms with E-state index in [1.807, 2.05) is 31.2 Å². The Hall–Kier alpha value is -3.15. The van der Waals surface area contributed by atoms with E-state index >= 15 is 0 Å². The molecule has 0 saturated carbocycles. The molecular weight excluding hydrogens is 440 g/mol. The van der Waals surface area contributed by atoms with E-state index in [1.165, 1.54) is 11.3 Å². The Morgan fingerprint density at radius 2 is 2.18 bits per heavy atom. The van der Waals surface area contributed by atoms with E-state index in [1.54, 1.807) is 6.21 Å². The number of ether oxygens (including phenoxy) is 1. The second-order valence-electron chi connectivity index (χ2n) is 8.09. The van der Waals surface area contributed by atoms with Crippen LogP contribution in [0.1, 0.15) is 27.3 Å². The lowest BCUT2D eigenvalue weighted by atomic mass is 10.2. The van der Waals surface area contributed by atoms with Gasteiger partial charge in [0.25, 0.3) is 5.91 Å². The number of morpholine rings is 1. The number of hydrogen-bond acceptors (Lipinski definition) is 10. The van der Waals surface area contributed by atoms with E-state index in [2.05, 4.69) is 36.0 Å². The molecule has 1 unspecified atom stereocenters. The highest BCUT2D eigenvalue weighted by Crippen LogP contribution is 2.31. The quantitative estimate of drug-likeness (QED) is 0.372. The van der Waals surface area contributed by atoms with Gasteiger partial charge in [-0.05, 0) is 25.5 Å². The van der Waals surface area contributed by atoms with Crippen LogP contribution < -0.4 is 21.0 Å². The van der Waals surface area contributed by atoms with Crippen LogP contribution in [0.5, 0.6) is 0 Å². The van der Waals surface area contributed by atoms with Gasteiger partial charge in [0.15, 0.2) is 16.5 Å². The summed E-state index contributed by atoms with van der Waals surface area (Å²) < 4.78 is 6.29. The van der Waals surface area contributed by atoms with Crippen LogP contribution in [-0.4, -0.2) is 72.5 Å². The second-order valence-corrected chi connectivity index (χ2v) is 9.09. The third kappa shape index (κ3) is 5.10. The average molecular weight is 467 g/mol. The molecule has 0 aliphatic carbocycles. The number of rotatable bonds is 6. The van der Waals surface area contributed by atoms with Gasteiger partial charge in [0.2, 0.25) is 5.95 Å². The number of hydrazone groups is 1. The molecule has 33 heavy (non-hydrogen) atoms. The third-order valence-electron chi connectivity index (χ3n) is 5.56. The maximum Gasteiger partial charge on any atom is 0.280 e. The molecule has 2 aromatic heterocycles. The number of fused-ring (bicyclic) bond motifs is 1. The molecule has 0 radical (unpaired) electrons. The summed E-state index contributed by atoms with van der Waals surface area (Å²) in [6, 6.07) is 8.17. The number of hydrogen-bond donors (Lipinski definition) is 3. The predicted molar refractivity (Wildman–Crippen MR) is 129 cm³/mol. The molecular formula is C22H26N8O2S. The molecule has 1 amide bonds. The number of nitrogens with one attached hydrogen (secondary N) is 3. The fourth-order valence-corrected chi connectivity index (χ4v) is 4.81. The van der Waals surface area contributed by atoms with Crippen LogP contribution in [0.2, 0.25) is 0 Å². The summed E-state index contributed by atoms with van der Waals surface area (Å²) in [5, 5.41) is 11.0. The van der Waals surface area contributed by atoms with Crippen LogP contribution in [0.4, 0.5) is 11.8 Å². The fourth-order valence-electron chi connectivity index (χ4n) is 3.89. The first-order valence-electron chi connectivity index (χ1n) is 11.0. The summed E-state index contributed by atoms with van der Waals surface area (Å²) in [6.45, 7) is 6.41. The Labute approximate surface area is 195 Å². The average Bonchev–Trinajstić information content (AvgIpc) is 3.49. The van der Waals surface area contributed by atoms with Gasteiger partial charge in [-0.1, -0.05) is 29.8 Å². The molecule has 2 aliphatic rings. The minimum atomic E-state index is -0.174. The zero-order chi connectivity index (χ0) is 22.6. The van der Waals surface area contributed by atoms with Crippen molar-refractivity contribution in [3.8, 4) is 0 Å². The van der Waals surface area contributed by atoms with Crippen molar-refractivity contribution in [3.63, 3.8) is 0 Å². The Bertz CT molecular complexity index is 1170. The minimum Gasteiger partial charge on any atom is -0.378 e. The van der Waals surface area contributed by atoms with Gasteiger partial charge in [0.05, 0.1) is 19.4 Å². The number of carbonyl (C=O) groups excluding carboxylic acids is 1. The molecule has 0 spiro atoms. The van der Waals surface area contributed by atoms with Gasteiger partial charge in [0, 0.05) is 25.7 Å². The molecule has 1 aromatic carbocycles. The molecule has 172 valence electrons. The number of anilines is 2. The lowest BCUT2D eigenvalue weighted by Crippen LogP contribution is -2.37. The number of nitrogens with zero attached hydrogens (tertiary/aromatic N) is 5. The molecule has 3 aromatic rings. The molecule has 2 aliphatic heterocycles. The highest BCUT2D eigenvalue weighted by Gasteiger charge is 2.24. The molecule has 3 N–H and O–H groups in total. The number of carbonyl (C=O) groups is 1. The van der Waals surface area contributed by atoms with E-state index in [0.29, 0.717) is 42.9 Å². The molecule has 1 atom stereocenters. The predicted octanol–water partition coefficient (Wildman–Crippen LogP) is 1.77. The van der Waals surface area contributed by atoms with Crippen molar-refractivity contribution < 1.29 is 9.53 Å². The maximum atomic E-state index is 12.8. The number of aromatic nitrogens is 3. The van der Waals surface area contributed by atoms with Crippen LogP contribution in [-0.2, 0) is 4.74 Å². The smallest absolute Gasteiger partial charge is 0.280 e. The van der Waals surface area contributed by atoms with Crippen LogP contribution >= 0.6 is 11.3 Å². The standard InChI is InChI=1S/C22H26N8O2S/c1-14-3-2-4-15(11-14)12-24-29-22-27-18-17(19(28-22)30-7-9-32-10-8-30)33-21(26-18)20(31)25-16-5-6-23-13-16/h2-4,11-12,16,23H,5-10,13H2,1H3,(H,25,31)(H,27,28,29)/b24-12+. The van der Waals surface area contributed by atoms with E-state index < -0.39 is 0 Å².